The highest BCUT2D eigenvalue weighted by Crippen LogP contribution is 2.52. The summed E-state index contributed by atoms with van der Waals surface area (Å²) in [5.74, 6) is 1.39. The molecule has 2 saturated carbocycles. The van der Waals surface area contributed by atoms with Gasteiger partial charge in [0.25, 0.3) is 0 Å². The normalized spacial score (nSPS) is 36.6. The van der Waals surface area contributed by atoms with Gasteiger partial charge in [0.2, 0.25) is 0 Å². The molecule has 27 heavy (non-hydrogen) atoms. The predicted molar refractivity (Wildman–Crippen MR) is 116 cm³/mol. The van der Waals surface area contributed by atoms with Gasteiger partial charge in [-0.05, 0) is 89.4 Å². The standard InChI is InChI=1S/C25H41NO/c1-18(2)21-10-12-24(4)16-20(14-19(3)23(24)15-21)17-26-25(5)11-6-8-22(25)9-7-13-27/h14,21-22,26-27H,1,6-13,15-17H2,2-5H3. The molecule has 4 unspecified atom stereocenters. The van der Waals surface area contributed by atoms with Crippen LogP contribution in [0.3, 0.4) is 0 Å². The van der Waals surface area contributed by atoms with Crippen LogP contribution < -0.4 is 5.32 Å². The molecule has 0 amide bonds. The van der Waals surface area contributed by atoms with Crippen molar-refractivity contribution in [2.45, 2.75) is 91.0 Å². The lowest BCUT2D eigenvalue weighted by molar-refractivity contribution is 0.221. The van der Waals surface area contributed by atoms with Gasteiger partial charge in [-0.1, -0.05) is 48.3 Å². The first-order chi connectivity index (χ1) is 12.8. The summed E-state index contributed by atoms with van der Waals surface area (Å²) in [7, 11) is 0. The second-order valence-corrected chi connectivity index (χ2v) is 10.2. The molecule has 2 N–H and O–H groups in total. The van der Waals surface area contributed by atoms with Crippen LogP contribution in [-0.4, -0.2) is 23.8 Å². The van der Waals surface area contributed by atoms with E-state index in [4.69, 9.17) is 0 Å². The summed E-state index contributed by atoms with van der Waals surface area (Å²) in [6, 6.07) is 0. The first-order valence-corrected chi connectivity index (χ1v) is 11.2. The van der Waals surface area contributed by atoms with E-state index in [1.54, 1.807) is 11.1 Å². The molecule has 3 rings (SSSR count). The SMILES string of the molecule is C=C(C)C1CCC2(C)CC(CNC3(C)CCCC3CCCO)=CC(C)=C2C1. The highest BCUT2D eigenvalue weighted by Gasteiger charge is 2.41. The van der Waals surface area contributed by atoms with Gasteiger partial charge in [0.05, 0.1) is 0 Å². The van der Waals surface area contributed by atoms with Crippen LogP contribution in [0.5, 0.6) is 0 Å². The smallest absolute Gasteiger partial charge is 0.0431 e. The maximum absolute atomic E-state index is 9.21. The van der Waals surface area contributed by atoms with Crippen molar-refractivity contribution in [2.75, 3.05) is 13.2 Å². The summed E-state index contributed by atoms with van der Waals surface area (Å²) in [5.41, 5.74) is 6.75. The van der Waals surface area contributed by atoms with Crippen molar-refractivity contribution in [3.63, 3.8) is 0 Å². The van der Waals surface area contributed by atoms with Crippen LogP contribution in [-0.2, 0) is 0 Å². The molecule has 0 bridgehead atoms. The maximum Gasteiger partial charge on any atom is 0.0431 e. The van der Waals surface area contributed by atoms with E-state index in [9.17, 15) is 5.11 Å². The zero-order chi connectivity index (χ0) is 19.7. The Balaban J connectivity index is 1.68. The molecule has 3 aliphatic rings. The maximum atomic E-state index is 9.21. The molecule has 0 radical (unpaired) electrons. The Morgan fingerprint density at radius 3 is 2.78 bits per heavy atom. The molecule has 2 nitrogen and oxygen atoms in total. The minimum atomic E-state index is 0.242. The molecule has 0 aliphatic heterocycles. The summed E-state index contributed by atoms with van der Waals surface area (Å²) < 4.78 is 0. The summed E-state index contributed by atoms with van der Waals surface area (Å²) >= 11 is 0. The highest BCUT2D eigenvalue weighted by molar-refractivity contribution is 5.39. The van der Waals surface area contributed by atoms with E-state index in [1.807, 2.05) is 0 Å². The molecule has 0 aromatic heterocycles. The summed E-state index contributed by atoms with van der Waals surface area (Å²) in [5, 5.41) is 13.2. The molecule has 0 saturated heterocycles. The number of aliphatic hydroxyl groups excluding tert-OH is 1. The average Bonchev–Trinajstić information content (AvgIpc) is 2.98. The number of aliphatic hydroxyl groups is 1. The number of allylic oxidation sites excluding steroid dienone is 4. The molecule has 152 valence electrons. The van der Waals surface area contributed by atoms with E-state index in [0.29, 0.717) is 23.9 Å². The number of fused-ring (bicyclic) bond motifs is 1. The van der Waals surface area contributed by atoms with E-state index >= 15 is 0 Å². The van der Waals surface area contributed by atoms with Crippen LogP contribution in [0.1, 0.15) is 85.5 Å². The molecule has 0 aromatic rings. The van der Waals surface area contributed by atoms with Crippen LogP contribution in [0.15, 0.2) is 34.9 Å². The fraction of sp³-hybridized carbons (Fsp3) is 0.760. The zero-order valence-electron chi connectivity index (χ0n) is 18.2. The van der Waals surface area contributed by atoms with Gasteiger partial charge in [0.15, 0.2) is 0 Å². The fourth-order valence-corrected chi connectivity index (χ4v) is 6.14. The quantitative estimate of drug-likeness (QED) is 0.543. The number of hydrogen-bond acceptors (Lipinski definition) is 2. The minimum Gasteiger partial charge on any atom is -0.396 e. The van der Waals surface area contributed by atoms with Gasteiger partial charge in [-0.25, -0.2) is 0 Å². The molecule has 3 aliphatic carbocycles. The first kappa shape index (κ1) is 20.9. The Morgan fingerprint density at radius 1 is 1.30 bits per heavy atom. The van der Waals surface area contributed by atoms with Gasteiger partial charge in [-0.15, -0.1) is 0 Å². The summed E-state index contributed by atoms with van der Waals surface area (Å²) in [6.45, 7) is 15.0. The molecule has 2 fully saturated rings. The monoisotopic (exact) mass is 371 g/mol. The van der Waals surface area contributed by atoms with E-state index in [1.165, 1.54) is 56.1 Å². The van der Waals surface area contributed by atoms with Gasteiger partial charge >= 0.3 is 0 Å². The average molecular weight is 372 g/mol. The van der Waals surface area contributed by atoms with Crippen LogP contribution in [0, 0.1) is 17.3 Å². The third kappa shape index (κ3) is 4.43. The minimum absolute atomic E-state index is 0.242. The Bertz CT molecular complexity index is 630. The van der Waals surface area contributed by atoms with E-state index in [-0.39, 0.29) is 5.54 Å². The number of hydrogen-bond donors (Lipinski definition) is 2. The third-order valence-corrected chi connectivity index (χ3v) is 8.01. The van der Waals surface area contributed by atoms with Crippen molar-refractivity contribution < 1.29 is 5.11 Å². The number of rotatable bonds is 7. The van der Waals surface area contributed by atoms with Crippen molar-refractivity contribution in [3.05, 3.63) is 34.9 Å². The summed E-state index contributed by atoms with van der Waals surface area (Å²) in [6.07, 6.45) is 13.5. The lowest BCUT2D eigenvalue weighted by Crippen LogP contribution is -2.47. The Labute approximate surface area is 167 Å². The lowest BCUT2D eigenvalue weighted by atomic mass is 9.61. The van der Waals surface area contributed by atoms with E-state index in [2.05, 4.69) is 45.7 Å². The Morgan fingerprint density at radius 2 is 2.07 bits per heavy atom. The van der Waals surface area contributed by atoms with Crippen LogP contribution >= 0.6 is 0 Å². The van der Waals surface area contributed by atoms with Crippen molar-refractivity contribution in [1.29, 1.82) is 0 Å². The molecular formula is C25H41NO. The van der Waals surface area contributed by atoms with Crippen LogP contribution in [0.2, 0.25) is 0 Å². The van der Waals surface area contributed by atoms with E-state index < -0.39 is 0 Å². The lowest BCUT2D eigenvalue weighted by Gasteiger charge is -2.45. The van der Waals surface area contributed by atoms with Crippen molar-refractivity contribution >= 4 is 0 Å². The second kappa shape index (κ2) is 8.25. The largest absolute Gasteiger partial charge is 0.396 e. The highest BCUT2D eigenvalue weighted by atomic mass is 16.2. The molecule has 0 spiro atoms. The van der Waals surface area contributed by atoms with Crippen molar-refractivity contribution in [3.8, 4) is 0 Å². The van der Waals surface area contributed by atoms with Crippen LogP contribution in [0.25, 0.3) is 0 Å². The van der Waals surface area contributed by atoms with Gasteiger partial charge in [-0.2, -0.15) is 0 Å². The molecule has 4 atom stereocenters. The molecule has 0 heterocycles. The molecule has 2 heteroatoms. The third-order valence-electron chi connectivity index (χ3n) is 8.01. The van der Waals surface area contributed by atoms with Gasteiger partial charge in [0, 0.05) is 18.7 Å². The zero-order valence-corrected chi connectivity index (χ0v) is 18.2. The van der Waals surface area contributed by atoms with Gasteiger partial charge in [-0.3, -0.25) is 0 Å². The van der Waals surface area contributed by atoms with Crippen molar-refractivity contribution in [2.24, 2.45) is 17.3 Å². The molecular weight excluding hydrogens is 330 g/mol. The Kier molecular flexibility index (Phi) is 6.37. The van der Waals surface area contributed by atoms with Crippen LogP contribution in [0.4, 0.5) is 0 Å². The van der Waals surface area contributed by atoms with Gasteiger partial charge in [0.1, 0.15) is 0 Å². The fourth-order valence-electron chi connectivity index (χ4n) is 6.14. The second-order valence-electron chi connectivity index (χ2n) is 10.2. The Hall–Kier alpha value is -0.860. The summed E-state index contributed by atoms with van der Waals surface area (Å²) in [4.78, 5) is 0. The first-order valence-electron chi connectivity index (χ1n) is 11.2. The topological polar surface area (TPSA) is 32.3 Å². The number of nitrogens with one attached hydrogen (secondary N) is 1. The van der Waals surface area contributed by atoms with E-state index in [0.717, 1.165) is 19.4 Å². The van der Waals surface area contributed by atoms with Crippen molar-refractivity contribution in [1.82, 2.24) is 5.32 Å². The predicted octanol–water partition coefficient (Wildman–Crippen LogP) is 5.94. The van der Waals surface area contributed by atoms with Gasteiger partial charge < -0.3 is 10.4 Å². The molecule has 0 aromatic carbocycles.